The summed E-state index contributed by atoms with van der Waals surface area (Å²) < 4.78 is 0.283. The predicted molar refractivity (Wildman–Crippen MR) is 59.2 cm³/mol. The molecule has 0 unspecified atom stereocenters. The normalized spacial score (nSPS) is 11.6. The minimum Gasteiger partial charge on any atom is -0.508 e. The van der Waals surface area contributed by atoms with Gasteiger partial charge >= 0.3 is 0 Å². The summed E-state index contributed by atoms with van der Waals surface area (Å²) >= 11 is 1.88. The third-order valence-electron chi connectivity index (χ3n) is 1.58. The van der Waals surface area contributed by atoms with Crippen molar-refractivity contribution in [3.8, 4) is 5.75 Å². The van der Waals surface area contributed by atoms with E-state index in [1.54, 1.807) is 6.07 Å². The van der Waals surface area contributed by atoms with Gasteiger partial charge in [0.2, 0.25) is 0 Å². The van der Waals surface area contributed by atoms with Crippen LogP contribution in [0, 0.1) is 0 Å². The first-order chi connectivity index (χ1) is 5.97. The summed E-state index contributed by atoms with van der Waals surface area (Å²) in [5.41, 5.74) is 1.18. The van der Waals surface area contributed by atoms with Crippen molar-refractivity contribution in [3.05, 3.63) is 29.8 Å². The van der Waals surface area contributed by atoms with E-state index in [0.717, 1.165) is 5.75 Å². The number of thioether (sulfide) groups is 1. The van der Waals surface area contributed by atoms with Gasteiger partial charge in [-0.05, 0) is 17.7 Å². The SMILES string of the molecule is CC(C)(C)SCc1cccc(O)c1. The van der Waals surface area contributed by atoms with Crippen LogP contribution >= 0.6 is 11.8 Å². The smallest absolute Gasteiger partial charge is 0.115 e. The van der Waals surface area contributed by atoms with Crippen LogP contribution in [-0.4, -0.2) is 9.85 Å². The molecule has 0 aliphatic heterocycles. The number of phenolic OH excluding ortho intramolecular Hbond substituents is 1. The Bertz CT molecular complexity index is 276. The Hall–Kier alpha value is -0.630. The van der Waals surface area contributed by atoms with Crippen LogP contribution in [0.15, 0.2) is 24.3 Å². The molecule has 1 aromatic rings. The molecule has 13 heavy (non-hydrogen) atoms. The van der Waals surface area contributed by atoms with Crippen molar-refractivity contribution < 1.29 is 5.11 Å². The van der Waals surface area contributed by atoms with E-state index in [0.29, 0.717) is 5.75 Å². The lowest BCUT2D eigenvalue weighted by molar-refractivity contribution is 0.475. The number of hydrogen-bond acceptors (Lipinski definition) is 2. The van der Waals surface area contributed by atoms with Gasteiger partial charge in [-0.25, -0.2) is 0 Å². The maximum absolute atomic E-state index is 9.23. The second-order valence-electron chi connectivity index (χ2n) is 4.07. The summed E-state index contributed by atoms with van der Waals surface area (Å²) in [5, 5.41) is 9.23. The van der Waals surface area contributed by atoms with Crippen LogP contribution in [0.2, 0.25) is 0 Å². The van der Waals surface area contributed by atoms with Gasteiger partial charge in [0.25, 0.3) is 0 Å². The van der Waals surface area contributed by atoms with E-state index in [9.17, 15) is 5.11 Å². The van der Waals surface area contributed by atoms with Crippen molar-refractivity contribution in [2.24, 2.45) is 0 Å². The van der Waals surface area contributed by atoms with Crippen LogP contribution < -0.4 is 0 Å². The molecule has 0 amide bonds. The van der Waals surface area contributed by atoms with Gasteiger partial charge in [-0.3, -0.25) is 0 Å². The maximum atomic E-state index is 9.23. The number of phenols is 1. The zero-order valence-corrected chi connectivity index (χ0v) is 9.19. The molecule has 0 saturated carbocycles. The molecule has 0 radical (unpaired) electrons. The Morgan fingerprint density at radius 3 is 2.54 bits per heavy atom. The largest absolute Gasteiger partial charge is 0.508 e. The summed E-state index contributed by atoms with van der Waals surface area (Å²) in [6, 6.07) is 7.44. The fourth-order valence-corrected chi connectivity index (χ4v) is 1.73. The molecular formula is C11H16OS. The highest BCUT2D eigenvalue weighted by Crippen LogP contribution is 2.27. The maximum Gasteiger partial charge on any atom is 0.115 e. The monoisotopic (exact) mass is 196 g/mol. The van der Waals surface area contributed by atoms with Crippen molar-refractivity contribution in [2.45, 2.75) is 31.3 Å². The lowest BCUT2D eigenvalue weighted by Gasteiger charge is -2.17. The van der Waals surface area contributed by atoms with Gasteiger partial charge in [0.15, 0.2) is 0 Å². The summed E-state index contributed by atoms with van der Waals surface area (Å²) in [4.78, 5) is 0. The minimum absolute atomic E-state index is 0.283. The van der Waals surface area contributed by atoms with Gasteiger partial charge < -0.3 is 5.11 Å². The third kappa shape index (κ3) is 4.23. The molecular weight excluding hydrogens is 180 g/mol. The Morgan fingerprint density at radius 2 is 2.00 bits per heavy atom. The molecule has 1 aromatic carbocycles. The molecule has 0 spiro atoms. The van der Waals surface area contributed by atoms with Crippen LogP contribution in [0.3, 0.4) is 0 Å². The van der Waals surface area contributed by atoms with E-state index in [2.05, 4.69) is 20.8 Å². The molecule has 0 atom stereocenters. The van der Waals surface area contributed by atoms with Gasteiger partial charge in [0.05, 0.1) is 0 Å². The van der Waals surface area contributed by atoms with Gasteiger partial charge in [0.1, 0.15) is 5.75 Å². The molecule has 0 fully saturated rings. The van der Waals surface area contributed by atoms with E-state index >= 15 is 0 Å². The lowest BCUT2D eigenvalue weighted by atomic mass is 10.2. The van der Waals surface area contributed by atoms with Crippen molar-refractivity contribution >= 4 is 11.8 Å². The molecule has 72 valence electrons. The van der Waals surface area contributed by atoms with Gasteiger partial charge in [-0.2, -0.15) is 11.8 Å². The molecule has 1 N–H and O–H groups in total. The van der Waals surface area contributed by atoms with Crippen molar-refractivity contribution in [1.82, 2.24) is 0 Å². The highest BCUT2D eigenvalue weighted by atomic mass is 32.2. The van der Waals surface area contributed by atoms with Gasteiger partial charge in [-0.15, -0.1) is 0 Å². The number of hydrogen-bond donors (Lipinski definition) is 1. The second-order valence-corrected chi connectivity index (χ2v) is 5.87. The van der Waals surface area contributed by atoms with Crippen molar-refractivity contribution in [3.63, 3.8) is 0 Å². The first-order valence-electron chi connectivity index (χ1n) is 4.39. The van der Waals surface area contributed by atoms with Crippen LogP contribution in [0.5, 0.6) is 5.75 Å². The Kier molecular flexibility index (Phi) is 3.26. The average molecular weight is 196 g/mol. The highest BCUT2D eigenvalue weighted by Gasteiger charge is 2.10. The van der Waals surface area contributed by atoms with Crippen LogP contribution in [-0.2, 0) is 5.75 Å². The zero-order chi connectivity index (χ0) is 9.90. The second kappa shape index (κ2) is 4.05. The summed E-state index contributed by atoms with van der Waals surface area (Å²) in [6.45, 7) is 6.58. The minimum atomic E-state index is 0.283. The summed E-state index contributed by atoms with van der Waals surface area (Å²) in [7, 11) is 0. The molecule has 1 nitrogen and oxygen atoms in total. The zero-order valence-electron chi connectivity index (χ0n) is 8.37. The van der Waals surface area contributed by atoms with Gasteiger partial charge in [-0.1, -0.05) is 32.9 Å². The Morgan fingerprint density at radius 1 is 1.31 bits per heavy atom. The fraction of sp³-hybridized carbons (Fsp3) is 0.455. The van der Waals surface area contributed by atoms with E-state index in [-0.39, 0.29) is 4.75 Å². The Labute approximate surface area is 84.2 Å². The van der Waals surface area contributed by atoms with E-state index in [1.807, 2.05) is 30.0 Å². The topological polar surface area (TPSA) is 20.2 Å². The standard InChI is InChI=1S/C11H16OS/c1-11(2,3)13-8-9-5-4-6-10(12)7-9/h4-7,12H,8H2,1-3H3. The molecule has 0 aliphatic carbocycles. The number of benzene rings is 1. The number of rotatable bonds is 2. The molecule has 0 saturated heterocycles. The van der Waals surface area contributed by atoms with Crippen molar-refractivity contribution in [1.29, 1.82) is 0 Å². The molecule has 0 aliphatic rings. The first-order valence-corrected chi connectivity index (χ1v) is 5.38. The van der Waals surface area contributed by atoms with E-state index < -0.39 is 0 Å². The van der Waals surface area contributed by atoms with Crippen LogP contribution in [0.4, 0.5) is 0 Å². The van der Waals surface area contributed by atoms with Crippen molar-refractivity contribution in [2.75, 3.05) is 0 Å². The number of aromatic hydroxyl groups is 1. The molecule has 0 aromatic heterocycles. The third-order valence-corrected chi connectivity index (χ3v) is 2.93. The van der Waals surface area contributed by atoms with Crippen LogP contribution in [0.1, 0.15) is 26.3 Å². The summed E-state index contributed by atoms with van der Waals surface area (Å²) in [5.74, 6) is 1.31. The molecule has 2 heteroatoms. The fourth-order valence-electron chi connectivity index (χ4n) is 0.946. The van der Waals surface area contributed by atoms with Gasteiger partial charge in [0, 0.05) is 10.5 Å². The van der Waals surface area contributed by atoms with Crippen LogP contribution in [0.25, 0.3) is 0 Å². The first kappa shape index (κ1) is 10.5. The highest BCUT2D eigenvalue weighted by molar-refractivity contribution is 7.99. The van der Waals surface area contributed by atoms with E-state index in [4.69, 9.17) is 0 Å². The average Bonchev–Trinajstić information content (AvgIpc) is 2.00. The summed E-state index contributed by atoms with van der Waals surface area (Å²) in [6.07, 6.45) is 0. The molecule has 0 bridgehead atoms. The lowest BCUT2D eigenvalue weighted by Crippen LogP contribution is -2.07. The quantitative estimate of drug-likeness (QED) is 0.782. The van der Waals surface area contributed by atoms with E-state index in [1.165, 1.54) is 5.56 Å². The Balaban J connectivity index is 2.55. The predicted octanol–water partition coefficient (Wildman–Crippen LogP) is 3.42. The molecule has 1 rings (SSSR count). The molecule has 0 heterocycles.